The summed E-state index contributed by atoms with van der Waals surface area (Å²) in [5.74, 6) is -1.90. The maximum Gasteiger partial charge on any atom is 0.243 e. The molecule has 0 aliphatic heterocycles. The highest BCUT2D eigenvalue weighted by atomic mass is 16.2. The number of nitrogens with zero attached hydrogens (tertiary/aromatic N) is 1. The summed E-state index contributed by atoms with van der Waals surface area (Å²) in [7, 11) is 0. The number of primary amides is 1. The Hall–Kier alpha value is -2.91. The molecule has 0 aliphatic carbocycles. The van der Waals surface area contributed by atoms with Crippen molar-refractivity contribution in [1.82, 2.24) is 25.9 Å². The van der Waals surface area contributed by atoms with Crippen LogP contribution < -0.4 is 21.7 Å². The maximum atomic E-state index is 12.4. The van der Waals surface area contributed by atoms with E-state index in [1.165, 1.54) is 83.4 Å². The molecule has 4 amide bonds. The van der Waals surface area contributed by atoms with E-state index >= 15 is 0 Å². The molecule has 1 unspecified atom stereocenters. The third-order valence-electron chi connectivity index (χ3n) is 6.52. The van der Waals surface area contributed by atoms with E-state index in [-0.39, 0.29) is 25.4 Å². The quantitative estimate of drug-likeness (QED) is 0.128. The molecule has 0 radical (unpaired) electrons. The van der Waals surface area contributed by atoms with Crippen molar-refractivity contribution in [3.8, 4) is 0 Å². The first kappa shape index (κ1) is 33.1. The molecule has 1 rings (SSSR count). The summed E-state index contributed by atoms with van der Waals surface area (Å²) in [6.07, 6.45) is 22.5. The summed E-state index contributed by atoms with van der Waals surface area (Å²) >= 11 is 0. The van der Waals surface area contributed by atoms with Crippen molar-refractivity contribution in [3.63, 3.8) is 0 Å². The zero-order valence-electron chi connectivity index (χ0n) is 23.3. The topological polar surface area (TPSA) is 159 Å². The van der Waals surface area contributed by atoms with E-state index in [0.717, 1.165) is 19.3 Å². The summed E-state index contributed by atoms with van der Waals surface area (Å²) in [6.45, 7) is 1.70. The van der Waals surface area contributed by atoms with Crippen LogP contribution in [0.3, 0.4) is 0 Å². The van der Waals surface area contributed by atoms with Crippen LogP contribution in [0.2, 0.25) is 0 Å². The van der Waals surface area contributed by atoms with Crippen LogP contribution in [0.1, 0.15) is 115 Å². The highest BCUT2D eigenvalue weighted by molar-refractivity contribution is 5.91. The van der Waals surface area contributed by atoms with E-state index < -0.39 is 23.8 Å². The van der Waals surface area contributed by atoms with Gasteiger partial charge in [-0.3, -0.25) is 19.2 Å². The molecule has 10 nitrogen and oxygen atoms in total. The lowest BCUT2D eigenvalue weighted by atomic mass is 10.0. The van der Waals surface area contributed by atoms with Gasteiger partial charge >= 0.3 is 0 Å². The van der Waals surface area contributed by atoms with E-state index in [0.29, 0.717) is 12.1 Å². The van der Waals surface area contributed by atoms with E-state index in [1.54, 1.807) is 6.20 Å². The Morgan fingerprint density at radius 3 is 1.84 bits per heavy atom. The van der Waals surface area contributed by atoms with Crippen LogP contribution in [-0.2, 0) is 25.6 Å². The van der Waals surface area contributed by atoms with Gasteiger partial charge in [-0.2, -0.15) is 0 Å². The van der Waals surface area contributed by atoms with Crippen molar-refractivity contribution >= 4 is 23.6 Å². The molecule has 1 aromatic heterocycles. The molecule has 1 aromatic rings. The first-order chi connectivity index (χ1) is 18.4. The van der Waals surface area contributed by atoms with Gasteiger partial charge in [-0.05, 0) is 6.42 Å². The van der Waals surface area contributed by atoms with Crippen LogP contribution in [-0.4, -0.2) is 52.7 Å². The smallest absolute Gasteiger partial charge is 0.243 e. The number of aromatic amines is 1. The second-order valence-corrected chi connectivity index (χ2v) is 10.1. The Labute approximate surface area is 228 Å². The number of aromatic nitrogens is 2. The first-order valence-corrected chi connectivity index (χ1v) is 14.5. The Balaban J connectivity index is 2.08. The largest absolute Gasteiger partial charge is 0.368 e. The van der Waals surface area contributed by atoms with Crippen LogP contribution in [0, 0.1) is 0 Å². The van der Waals surface area contributed by atoms with Crippen molar-refractivity contribution in [2.75, 3.05) is 13.1 Å². The fourth-order valence-electron chi connectivity index (χ4n) is 4.29. The minimum Gasteiger partial charge on any atom is -0.368 e. The monoisotopic (exact) mass is 534 g/mol. The average Bonchev–Trinajstić information content (AvgIpc) is 3.41. The predicted octanol–water partition coefficient (Wildman–Crippen LogP) is 3.42. The third-order valence-corrected chi connectivity index (χ3v) is 6.52. The van der Waals surface area contributed by atoms with Gasteiger partial charge < -0.3 is 26.7 Å². The van der Waals surface area contributed by atoms with Crippen LogP contribution in [0.25, 0.3) is 0 Å². The minimum atomic E-state index is -0.935. The Kier molecular flexibility index (Phi) is 19.3. The molecular weight excluding hydrogens is 484 g/mol. The zero-order valence-corrected chi connectivity index (χ0v) is 23.3. The number of unbranched alkanes of at least 4 members (excludes halogenated alkanes) is 14. The van der Waals surface area contributed by atoms with Crippen molar-refractivity contribution in [2.45, 2.75) is 122 Å². The fraction of sp³-hybridized carbons (Fsp3) is 0.750. The summed E-state index contributed by atoms with van der Waals surface area (Å²) in [6, 6.07) is -0.935. The summed E-state index contributed by atoms with van der Waals surface area (Å²) in [5, 5.41) is 7.59. The van der Waals surface area contributed by atoms with Gasteiger partial charge in [-0.1, -0.05) is 96.8 Å². The molecule has 1 heterocycles. The maximum absolute atomic E-state index is 12.4. The Morgan fingerprint density at radius 2 is 1.34 bits per heavy atom. The Bertz CT molecular complexity index is 784. The number of H-pyrrole nitrogens is 1. The summed E-state index contributed by atoms with van der Waals surface area (Å²) in [4.78, 5) is 54.5. The molecule has 0 aromatic carbocycles. The first-order valence-electron chi connectivity index (χ1n) is 14.5. The molecular formula is C28H50N6O4. The fourth-order valence-corrected chi connectivity index (χ4v) is 4.29. The molecule has 0 saturated heterocycles. The molecule has 10 heteroatoms. The normalized spacial score (nSPS) is 11.6. The molecule has 6 N–H and O–H groups in total. The van der Waals surface area contributed by atoms with Gasteiger partial charge in [0.1, 0.15) is 6.04 Å². The van der Waals surface area contributed by atoms with Crippen LogP contribution in [0.4, 0.5) is 0 Å². The standard InChI is InChI=1S/C28H50N6O4/c1-2-3-4-5-6-7-8-9-10-11-12-13-14-15-16-17-26(36)31-21-27(37)34-24(18-23-19-30-22-33-23)28(38)32-20-25(29)35/h19,22,24H,2-18,20-21H2,1H3,(H2,29,35)(H,30,33)(H,31,36)(H,32,38)(H,34,37). The third kappa shape index (κ3) is 18.4. The molecule has 0 fully saturated rings. The number of carbonyl (C=O) groups is 4. The SMILES string of the molecule is CCCCCCCCCCCCCCCCCC(=O)NCC(=O)NC(Cc1cnc[nH]1)C(=O)NCC(N)=O. The number of nitrogens with one attached hydrogen (secondary N) is 4. The number of carbonyl (C=O) groups excluding carboxylic acids is 4. The van der Waals surface area contributed by atoms with Gasteiger partial charge in [0.2, 0.25) is 23.6 Å². The number of nitrogens with two attached hydrogens (primary N) is 1. The van der Waals surface area contributed by atoms with Crippen LogP contribution >= 0.6 is 0 Å². The minimum absolute atomic E-state index is 0.156. The summed E-state index contributed by atoms with van der Waals surface area (Å²) < 4.78 is 0. The summed E-state index contributed by atoms with van der Waals surface area (Å²) in [5.41, 5.74) is 5.71. The van der Waals surface area contributed by atoms with Gasteiger partial charge in [0, 0.05) is 24.7 Å². The van der Waals surface area contributed by atoms with E-state index in [9.17, 15) is 19.2 Å². The lowest BCUT2D eigenvalue weighted by Gasteiger charge is -2.17. The van der Waals surface area contributed by atoms with Crippen LogP contribution in [0.15, 0.2) is 12.5 Å². The molecule has 0 saturated carbocycles. The van der Waals surface area contributed by atoms with E-state index in [2.05, 4.69) is 32.8 Å². The van der Waals surface area contributed by atoms with Gasteiger partial charge in [0.05, 0.1) is 19.4 Å². The molecule has 38 heavy (non-hydrogen) atoms. The van der Waals surface area contributed by atoms with E-state index in [1.807, 2.05) is 0 Å². The van der Waals surface area contributed by atoms with Crippen molar-refractivity contribution in [3.05, 3.63) is 18.2 Å². The Morgan fingerprint density at radius 1 is 0.789 bits per heavy atom. The van der Waals surface area contributed by atoms with Gasteiger partial charge in [0.25, 0.3) is 0 Å². The van der Waals surface area contributed by atoms with Crippen molar-refractivity contribution in [1.29, 1.82) is 0 Å². The van der Waals surface area contributed by atoms with Crippen molar-refractivity contribution in [2.24, 2.45) is 5.73 Å². The number of hydrogen-bond acceptors (Lipinski definition) is 5. The lowest BCUT2D eigenvalue weighted by molar-refractivity contribution is -0.130. The highest BCUT2D eigenvalue weighted by Crippen LogP contribution is 2.13. The zero-order chi connectivity index (χ0) is 27.8. The van der Waals surface area contributed by atoms with E-state index in [4.69, 9.17) is 5.73 Å². The van der Waals surface area contributed by atoms with Crippen LogP contribution in [0.5, 0.6) is 0 Å². The second kappa shape index (κ2) is 22.1. The number of imidazole rings is 1. The van der Waals surface area contributed by atoms with Crippen molar-refractivity contribution < 1.29 is 19.2 Å². The molecule has 0 bridgehead atoms. The predicted molar refractivity (Wildman–Crippen MR) is 149 cm³/mol. The second-order valence-electron chi connectivity index (χ2n) is 10.1. The number of amides is 4. The van der Waals surface area contributed by atoms with Gasteiger partial charge in [-0.25, -0.2) is 4.98 Å². The van der Waals surface area contributed by atoms with Gasteiger partial charge in [0.15, 0.2) is 0 Å². The lowest BCUT2D eigenvalue weighted by Crippen LogP contribution is -2.51. The highest BCUT2D eigenvalue weighted by Gasteiger charge is 2.22. The average molecular weight is 535 g/mol. The molecule has 0 spiro atoms. The molecule has 1 atom stereocenters. The molecule has 216 valence electrons. The molecule has 0 aliphatic rings. The number of hydrogen-bond donors (Lipinski definition) is 5. The number of rotatable bonds is 24. The van der Waals surface area contributed by atoms with Gasteiger partial charge in [-0.15, -0.1) is 0 Å².